The quantitative estimate of drug-likeness (QED) is 0.777. The predicted molar refractivity (Wildman–Crippen MR) is 76.6 cm³/mol. The molecule has 0 amide bonds. The van der Waals surface area contributed by atoms with E-state index < -0.39 is 0 Å². The van der Waals surface area contributed by atoms with Crippen LogP contribution in [0.2, 0.25) is 0 Å². The van der Waals surface area contributed by atoms with Gasteiger partial charge in [0.2, 0.25) is 0 Å². The molecule has 0 aliphatic carbocycles. The van der Waals surface area contributed by atoms with Crippen LogP contribution in [-0.2, 0) is 18.3 Å². The fraction of sp³-hybridized carbons (Fsp3) is 0.333. The highest BCUT2D eigenvalue weighted by atomic mass is 16.5. The zero-order valence-electron chi connectivity index (χ0n) is 11.4. The molecule has 102 valence electrons. The lowest BCUT2D eigenvalue weighted by Gasteiger charge is -2.09. The first-order valence-corrected chi connectivity index (χ1v) is 6.34. The van der Waals surface area contributed by atoms with Gasteiger partial charge in [-0.3, -0.25) is 0 Å². The molecule has 2 aromatic rings. The smallest absolute Gasteiger partial charge is 0.121 e. The molecule has 0 saturated heterocycles. The van der Waals surface area contributed by atoms with Gasteiger partial charge in [0.1, 0.15) is 12.4 Å². The van der Waals surface area contributed by atoms with Crippen LogP contribution in [0.1, 0.15) is 5.56 Å². The highest BCUT2D eigenvalue weighted by Gasteiger charge is 1.98. The number of benzene rings is 1. The average Bonchev–Trinajstić information content (AvgIpc) is 2.83. The van der Waals surface area contributed by atoms with Crippen molar-refractivity contribution in [1.82, 2.24) is 4.57 Å². The summed E-state index contributed by atoms with van der Waals surface area (Å²) in [5.74, 6) is 0.857. The van der Waals surface area contributed by atoms with Crippen LogP contribution < -0.4 is 10.1 Å². The van der Waals surface area contributed by atoms with Crippen LogP contribution >= 0.6 is 0 Å². The number of rotatable bonds is 7. The van der Waals surface area contributed by atoms with E-state index in [1.807, 2.05) is 42.1 Å². The number of aryl methyl sites for hydroxylation is 1. The Kier molecular flexibility index (Phi) is 4.86. The molecule has 0 radical (unpaired) electrons. The SMILES string of the molecule is COCCOc1cccc(NCc2ccn(C)c2)c1. The first-order valence-electron chi connectivity index (χ1n) is 6.34. The first kappa shape index (κ1) is 13.5. The highest BCUT2D eigenvalue weighted by Crippen LogP contribution is 2.18. The van der Waals surface area contributed by atoms with Gasteiger partial charge in [-0.1, -0.05) is 6.07 Å². The lowest BCUT2D eigenvalue weighted by atomic mass is 10.2. The Morgan fingerprint density at radius 1 is 1.21 bits per heavy atom. The Morgan fingerprint density at radius 3 is 2.84 bits per heavy atom. The van der Waals surface area contributed by atoms with Crippen LogP contribution in [0.15, 0.2) is 42.7 Å². The molecule has 0 atom stereocenters. The molecule has 0 saturated carbocycles. The Balaban J connectivity index is 1.87. The fourth-order valence-electron chi connectivity index (χ4n) is 1.81. The average molecular weight is 260 g/mol. The second kappa shape index (κ2) is 6.85. The Labute approximate surface area is 114 Å². The fourth-order valence-corrected chi connectivity index (χ4v) is 1.81. The standard InChI is InChI=1S/C15H20N2O2/c1-17-7-6-13(12-17)11-16-14-4-3-5-15(10-14)19-9-8-18-2/h3-7,10,12,16H,8-9,11H2,1-2H3. The second-order valence-corrected chi connectivity index (χ2v) is 4.41. The van der Waals surface area contributed by atoms with Crippen molar-refractivity contribution in [3.8, 4) is 5.75 Å². The number of methoxy groups -OCH3 is 1. The summed E-state index contributed by atoms with van der Waals surface area (Å²) >= 11 is 0. The van der Waals surface area contributed by atoms with Crippen molar-refractivity contribution >= 4 is 5.69 Å². The van der Waals surface area contributed by atoms with Crippen molar-refractivity contribution < 1.29 is 9.47 Å². The van der Waals surface area contributed by atoms with Crippen molar-refractivity contribution in [2.75, 3.05) is 25.6 Å². The minimum atomic E-state index is 0.568. The van der Waals surface area contributed by atoms with Crippen LogP contribution in [0.5, 0.6) is 5.75 Å². The number of anilines is 1. The lowest BCUT2D eigenvalue weighted by molar-refractivity contribution is 0.146. The van der Waals surface area contributed by atoms with Gasteiger partial charge in [0.05, 0.1) is 6.61 Å². The molecule has 1 N–H and O–H groups in total. The zero-order valence-corrected chi connectivity index (χ0v) is 11.4. The molecule has 0 fully saturated rings. The van der Waals surface area contributed by atoms with E-state index in [1.54, 1.807) is 7.11 Å². The van der Waals surface area contributed by atoms with Gasteiger partial charge in [-0.05, 0) is 23.8 Å². The van der Waals surface area contributed by atoms with Crippen LogP contribution in [0.25, 0.3) is 0 Å². The molecule has 19 heavy (non-hydrogen) atoms. The third-order valence-electron chi connectivity index (χ3n) is 2.78. The summed E-state index contributed by atoms with van der Waals surface area (Å²) in [7, 11) is 3.69. The molecular formula is C15H20N2O2. The maximum atomic E-state index is 5.57. The van der Waals surface area contributed by atoms with E-state index >= 15 is 0 Å². The Bertz CT molecular complexity index is 508. The third kappa shape index (κ3) is 4.34. The van der Waals surface area contributed by atoms with Gasteiger partial charge in [-0.25, -0.2) is 0 Å². The number of hydrogen-bond donors (Lipinski definition) is 1. The number of nitrogens with one attached hydrogen (secondary N) is 1. The van der Waals surface area contributed by atoms with Gasteiger partial charge >= 0.3 is 0 Å². The summed E-state index contributed by atoms with van der Waals surface area (Å²) in [5.41, 5.74) is 2.31. The molecule has 1 aromatic heterocycles. The maximum absolute atomic E-state index is 5.57. The van der Waals surface area contributed by atoms with E-state index in [2.05, 4.69) is 17.6 Å². The van der Waals surface area contributed by atoms with E-state index in [0.717, 1.165) is 18.0 Å². The molecule has 0 spiro atoms. The molecule has 0 bridgehead atoms. The number of hydrogen-bond acceptors (Lipinski definition) is 3. The van der Waals surface area contributed by atoms with Crippen molar-refractivity contribution in [3.63, 3.8) is 0 Å². The lowest BCUT2D eigenvalue weighted by Crippen LogP contribution is -2.04. The van der Waals surface area contributed by atoms with Crippen molar-refractivity contribution in [2.45, 2.75) is 6.54 Å². The summed E-state index contributed by atoms with van der Waals surface area (Å²) in [6.07, 6.45) is 4.15. The molecule has 1 heterocycles. The van der Waals surface area contributed by atoms with Gasteiger partial charge in [-0.15, -0.1) is 0 Å². The molecule has 1 aromatic carbocycles. The van der Waals surface area contributed by atoms with Gasteiger partial charge < -0.3 is 19.4 Å². The van der Waals surface area contributed by atoms with E-state index in [9.17, 15) is 0 Å². The highest BCUT2D eigenvalue weighted by molar-refractivity contribution is 5.48. The predicted octanol–water partition coefficient (Wildman–Crippen LogP) is 2.66. The van der Waals surface area contributed by atoms with Gasteiger partial charge in [0.25, 0.3) is 0 Å². The number of aromatic nitrogens is 1. The van der Waals surface area contributed by atoms with E-state index in [0.29, 0.717) is 13.2 Å². The molecule has 0 unspecified atom stereocenters. The summed E-state index contributed by atoms with van der Waals surface area (Å²) in [6, 6.07) is 10.1. The van der Waals surface area contributed by atoms with Gasteiger partial charge in [0, 0.05) is 44.8 Å². The minimum absolute atomic E-state index is 0.568. The largest absolute Gasteiger partial charge is 0.491 e. The van der Waals surface area contributed by atoms with Crippen LogP contribution in [-0.4, -0.2) is 24.9 Å². The van der Waals surface area contributed by atoms with E-state index in [-0.39, 0.29) is 0 Å². The molecule has 0 aliphatic rings. The minimum Gasteiger partial charge on any atom is -0.491 e. The number of ether oxygens (including phenoxy) is 2. The zero-order chi connectivity index (χ0) is 13.5. The van der Waals surface area contributed by atoms with Crippen molar-refractivity contribution in [1.29, 1.82) is 0 Å². The van der Waals surface area contributed by atoms with Gasteiger partial charge in [-0.2, -0.15) is 0 Å². The van der Waals surface area contributed by atoms with E-state index in [4.69, 9.17) is 9.47 Å². The van der Waals surface area contributed by atoms with Crippen molar-refractivity contribution in [2.24, 2.45) is 7.05 Å². The topological polar surface area (TPSA) is 35.4 Å². The summed E-state index contributed by atoms with van der Waals surface area (Å²) in [6.45, 7) is 1.97. The molecule has 2 rings (SSSR count). The molecular weight excluding hydrogens is 240 g/mol. The van der Waals surface area contributed by atoms with Crippen LogP contribution in [0, 0.1) is 0 Å². The normalized spacial score (nSPS) is 10.4. The second-order valence-electron chi connectivity index (χ2n) is 4.41. The molecule has 4 heteroatoms. The Morgan fingerprint density at radius 2 is 2.11 bits per heavy atom. The Hall–Kier alpha value is -1.94. The van der Waals surface area contributed by atoms with Gasteiger partial charge in [0.15, 0.2) is 0 Å². The summed E-state index contributed by atoms with van der Waals surface area (Å²) in [4.78, 5) is 0. The molecule has 0 aliphatic heterocycles. The maximum Gasteiger partial charge on any atom is 0.121 e. The summed E-state index contributed by atoms with van der Waals surface area (Å²) < 4.78 is 12.6. The van der Waals surface area contributed by atoms with Crippen LogP contribution in [0.4, 0.5) is 5.69 Å². The molecule has 4 nitrogen and oxygen atoms in total. The first-order chi connectivity index (χ1) is 9.28. The third-order valence-corrected chi connectivity index (χ3v) is 2.78. The van der Waals surface area contributed by atoms with Crippen molar-refractivity contribution in [3.05, 3.63) is 48.3 Å². The number of nitrogens with zero attached hydrogens (tertiary/aromatic N) is 1. The van der Waals surface area contributed by atoms with Crippen LogP contribution in [0.3, 0.4) is 0 Å². The van der Waals surface area contributed by atoms with E-state index in [1.165, 1.54) is 5.56 Å². The summed E-state index contributed by atoms with van der Waals surface area (Å²) in [5, 5.41) is 3.38. The monoisotopic (exact) mass is 260 g/mol.